The van der Waals surface area contributed by atoms with Gasteiger partial charge in [-0.1, -0.05) is 57.3 Å². The van der Waals surface area contributed by atoms with Crippen molar-refractivity contribution in [2.45, 2.75) is 38.4 Å². The van der Waals surface area contributed by atoms with E-state index in [1.54, 1.807) is 6.92 Å². The van der Waals surface area contributed by atoms with Gasteiger partial charge in [0, 0.05) is 28.9 Å². The molecule has 0 aliphatic heterocycles. The lowest BCUT2D eigenvalue weighted by atomic mass is 9.86. The van der Waals surface area contributed by atoms with Crippen LogP contribution in [0.1, 0.15) is 40.2 Å². The van der Waals surface area contributed by atoms with E-state index in [4.69, 9.17) is 37.7 Å². The zero-order valence-corrected chi connectivity index (χ0v) is 19.5. The molecule has 34 heavy (non-hydrogen) atoms. The molecular weight excluding hydrogens is 498 g/mol. The molecule has 0 unspecified atom stereocenters. The molecule has 2 N–H and O–H groups in total. The van der Waals surface area contributed by atoms with Crippen LogP contribution in [0.2, 0.25) is 10.0 Å². The Morgan fingerprint density at radius 1 is 1.09 bits per heavy atom. The van der Waals surface area contributed by atoms with E-state index in [1.165, 1.54) is 0 Å². The van der Waals surface area contributed by atoms with Crippen LogP contribution >= 0.6 is 23.2 Å². The molecule has 12 heteroatoms. The van der Waals surface area contributed by atoms with Crippen molar-refractivity contribution in [2.24, 2.45) is 0 Å². The van der Waals surface area contributed by atoms with Crippen molar-refractivity contribution in [1.29, 1.82) is 0 Å². The molecule has 1 amide bonds. The molecule has 2 atom stereocenters. The molecule has 1 aromatic heterocycles. The SMILES string of the molecule is Cc1no[nH+]c1C(=O)N[C@H](C)[C@H](Cc1ccc(Cl)cc1)c1ccc(Cl)cc1.O=C([O-])C(F)(F)F. The zero-order chi connectivity index (χ0) is 25.5. The molecule has 7 nitrogen and oxygen atoms in total. The highest BCUT2D eigenvalue weighted by atomic mass is 35.5. The van der Waals surface area contributed by atoms with Crippen molar-refractivity contribution in [3.8, 4) is 0 Å². The molecule has 0 aliphatic carbocycles. The van der Waals surface area contributed by atoms with Gasteiger partial charge >= 0.3 is 6.18 Å². The number of benzene rings is 2. The second kappa shape index (κ2) is 11.8. The first-order chi connectivity index (χ1) is 15.9. The van der Waals surface area contributed by atoms with E-state index in [9.17, 15) is 18.0 Å². The number of carboxylic acids is 1. The summed E-state index contributed by atoms with van der Waals surface area (Å²) in [6.07, 6.45) is -4.45. The summed E-state index contributed by atoms with van der Waals surface area (Å²) >= 11 is 12.0. The van der Waals surface area contributed by atoms with Crippen molar-refractivity contribution < 1.29 is 37.7 Å². The maximum atomic E-state index is 12.5. The highest BCUT2D eigenvalue weighted by Gasteiger charge is 2.29. The minimum Gasteiger partial charge on any atom is -0.542 e. The van der Waals surface area contributed by atoms with Crippen LogP contribution in [0.15, 0.2) is 53.2 Å². The number of halogens is 5. The molecule has 2 aromatic carbocycles. The number of carbonyl (C=O) groups excluding carboxylic acids is 2. The number of nitrogens with zero attached hydrogens (tertiary/aromatic N) is 1. The third kappa shape index (κ3) is 8.03. The first-order valence-electron chi connectivity index (χ1n) is 9.81. The van der Waals surface area contributed by atoms with Gasteiger partial charge in [0.1, 0.15) is 5.97 Å². The summed E-state index contributed by atoms with van der Waals surface area (Å²) in [5, 5.41) is 19.4. The molecule has 3 aromatic rings. The molecule has 0 aliphatic rings. The highest BCUT2D eigenvalue weighted by Crippen LogP contribution is 2.27. The Morgan fingerprint density at radius 2 is 1.59 bits per heavy atom. The average molecular weight is 518 g/mol. The number of aliphatic carboxylic acids is 1. The predicted molar refractivity (Wildman–Crippen MR) is 115 cm³/mol. The number of amides is 1. The fourth-order valence-corrected chi connectivity index (χ4v) is 3.27. The van der Waals surface area contributed by atoms with Gasteiger partial charge in [0.25, 0.3) is 17.3 Å². The number of rotatable bonds is 6. The topological polar surface area (TPSA) is 109 Å². The third-order valence-corrected chi connectivity index (χ3v) is 5.28. The summed E-state index contributed by atoms with van der Waals surface area (Å²) in [7, 11) is 0. The maximum Gasteiger partial charge on any atom is 0.430 e. The van der Waals surface area contributed by atoms with Crippen molar-refractivity contribution in [3.63, 3.8) is 0 Å². The van der Waals surface area contributed by atoms with Crippen molar-refractivity contribution in [2.75, 3.05) is 0 Å². The number of H-pyrrole nitrogens is 1. The van der Waals surface area contributed by atoms with E-state index in [1.807, 2.05) is 55.5 Å². The van der Waals surface area contributed by atoms with E-state index < -0.39 is 12.1 Å². The number of hydrogen-bond acceptors (Lipinski definition) is 5. The fraction of sp³-hybridized carbons (Fsp3) is 0.273. The number of alkyl halides is 3. The van der Waals surface area contributed by atoms with Gasteiger partial charge in [-0.3, -0.25) is 4.79 Å². The van der Waals surface area contributed by atoms with E-state index in [0.717, 1.165) is 17.5 Å². The number of hydrogen-bond donors (Lipinski definition) is 1. The van der Waals surface area contributed by atoms with Gasteiger partial charge in [-0.05, 0) is 48.7 Å². The van der Waals surface area contributed by atoms with Crippen LogP contribution in [-0.2, 0) is 11.2 Å². The van der Waals surface area contributed by atoms with Crippen LogP contribution in [0.25, 0.3) is 0 Å². The smallest absolute Gasteiger partial charge is 0.430 e. The van der Waals surface area contributed by atoms with Crippen LogP contribution < -0.4 is 15.6 Å². The van der Waals surface area contributed by atoms with E-state index in [-0.39, 0.29) is 17.9 Å². The molecule has 0 radical (unpaired) electrons. The fourth-order valence-electron chi connectivity index (χ4n) is 3.01. The van der Waals surface area contributed by atoms with Crippen LogP contribution in [0.5, 0.6) is 0 Å². The molecule has 3 rings (SSSR count). The third-order valence-electron chi connectivity index (χ3n) is 4.78. The van der Waals surface area contributed by atoms with Gasteiger partial charge < -0.3 is 15.2 Å². The van der Waals surface area contributed by atoms with Crippen molar-refractivity contribution >= 4 is 35.1 Å². The lowest BCUT2D eigenvalue weighted by molar-refractivity contribution is -0.624. The summed E-state index contributed by atoms with van der Waals surface area (Å²) in [6.45, 7) is 3.69. The van der Waals surface area contributed by atoms with Crippen LogP contribution in [0.3, 0.4) is 0 Å². The van der Waals surface area contributed by atoms with Crippen molar-refractivity contribution in [3.05, 3.63) is 81.1 Å². The van der Waals surface area contributed by atoms with E-state index in [2.05, 4.69) is 15.6 Å². The first-order valence-corrected chi connectivity index (χ1v) is 10.6. The molecule has 0 fully saturated rings. The number of aromatic amines is 1. The Balaban J connectivity index is 0.000000509. The van der Waals surface area contributed by atoms with Gasteiger partial charge in [0.2, 0.25) is 0 Å². The normalized spacial score (nSPS) is 12.8. The van der Waals surface area contributed by atoms with Gasteiger partial charge in [-0.15, -0.1) is 0 Å². The molecule has 0 saturated carbocycles. The van der Waals surface area contributed by atoms with Gasteiger partial charge in [0.05, 0.1) is 0 Å². The van der Waals surface area contributed by atoms with Gasteiger partial charge in [-0.25, -0.2) is 0 Å². The minimum atomic E-state index is -5.19. The van der Waals surface area contributed by atoms with Crippen LogP contribution in [0.4, 0.5) is 13.2 Å². The number of nitrogens with one attached hydrogen (secondary N) is 2. The lowest BCUT2D eigenvalue weighted by Crippen LogP contribution is -2.39. The largest absolute Gasteiger partial charge is 0.542 e. The molecule has 1 heterocycles. The summed E-state index contributed by atoms with van der Waals surface area (Å²) in [5.41, 5.74) is 3.06. The summed E-state index contributed by atoms with van der Waals surface area (Å²) in [6, 6.07) is 15.3. The predicted octanol–water partition coefficient (Wildman–Crippen LogP) is 3.55. The second-order valence-corrected chi connectivity index (χ2v) is 8.15. The Kier molecular flexibility index (Phi) is 9.46. The Bertz CT molecular complexity index is 1100. The molecule has 0 bridgehead atoms. The average Bonchev–Trinajstić information content (AvgIpc) is 3.20. The maximum absolute atomic E-state index is 12.5. The Labute approximate surface area is 202 Å². The number of aryl methyl sites for hydroxylation is 1. The van der Waals surface area contributed by atoms with Gasteiger partial charge in [0.15, 0.2) is 5.16 Å². The summed E-state index contributed by atoms with van der Waals surface area (Å²) in [5.74, 6) is -3.21. The summed E-state index contributed by atoms with van der Waals surface area (Å²) < 4.78 is 36.3. The first kappa shape index (κ1) is 27.1. The standard InChI is InChI=1S/C20H19Cl2N3O2.C2HF3O2/c1-12(23-20(26)19-13(2)24-27-25-19)18(15-5-9-17(22)10-6-15)11-14-3-7-16(21)8-4-14;3-2(4,5)1(6)7/h3-10,12,18H,11H2,1-2H3,(H,23,26);(H,6,7)/t12-,18+;/m1./s1. The lowest BCUT2D eigenvalue weighted by Gasteiger charge is -2.25. The van der Waals surface area contributed by atoms with Crippen LogP contribution in [-0.4, -0.2) is 29.3 Å². The second-order valence-electron chi connectivity index (χ2n) is 7.28. The zero-order valence-electron chi connectivity index (χ0n) is 18.0. The van der Waals surface area contributed by atoms with Crippen molar-refractivity contribution in [1.82, 2.24) is 10.5 Å². The number of carboxylic acid groups (broad SMARTS) is 1. The molecule has 0 saturated heterocycles. The monoisotopic (exact) mass is 517 g/mol. The van der Waals surface area contributed by atoms with Crippen LogP contribution in [0, 0.1) is 6.92 Å². The highest BCUT2D eigenvalue weighted by molar-refractivity contribution is 6.30. The number of aromatic nitrogens is 2. The van der Waals surface area contributed by atoms with Gasteiger partial charge in [-0.2, -0.15) is 13.2 Å². The summed E-state index contributed by atoms with van der Waals surface area (Å²) in [4.78, 5) is 21.3. The molecule has 0 spiro atoms. The quantitative estimate of drug-likeness (QED) is 0.537. The molecular formula is C22H20Cl2F3N3O4. The minimum absolute atomic E-state index is 0.0487. The number of carbonyl (C=O) groups is 2. The molecule has 182 valence electrons. The Hall–Kier alpha value is -3.11. The van der Waals surface area contributed by atoms with E-state index in [0.29, 0.717) is 21.4 Å². The Morgan fingerprint density at radius 3 is 2.03 bits per heavy atom. The van der Waals surface area contributed by atoms with E-state index >= 15 is 0 Å².